The molecular weight excluding hydrogens is 364 g/mol. The Morgan fingerprint density at radius 1 is 1.03 bits per heavy atom. The van der Waals surface area contributed by atoms with Crippen molar-refractivity contribution >= 4 is 11.4 Å². The van der Waals surface area contributed by atoms with E-state index in [9.17, 15) is 0 Å². The van der Waals surface area contributed by atoms with E-state index in [0.29, 0.717) is 5.92 Å². The third-order valence-electron chi connectivity index (χ3n) is 5.37. The number of aromatic nitrogens is 1. The lowest BCUT2D eigenvalue weighted by Crippen LogP contribution is -2.00. The van der Waals surface area contributed by atoms with Crippen molar-refractivity contribution in [2.24, 2.45) is 4.99 Å². The molecule has 0 fully saturated rings. The second kappa shape index (κ2) is 10.2. The summed E-state index contributed by atoms with van der Waals surface area (Å²) in [5, 5.41) is 0. The fourth-order valence-electron chi connectivity index (χ4n) is 3.59. The molecule has 0 N–H and O–H groups in total. The van der Waals surface area contributed by atoms with Gasteiger partial charge in [-0.05, 0) is 66.1 Å². The molecule has 2 nitrogen and oxygen atoms in total. The van der Waals surface area contributed by atoms with Crippen LogP contribution in [-0.4, -0.2) is 10.7 Å². The molecule has 2 aromatic carbocycles. The Labute approximate surface area is 181 Å². The summed E-state index contributed by atoms with van der Waals surface area (Å²) in [5.41, 5.74) is 9.40. The van der Waals surface area contributed by atoms with Crippen LogP contribution in [0.3, 0.4) is 0 Å². The molecular formula is C28H32N2. The second-order valence-corrected chi connectivity index (χ2v) is 8.13. The number of rotatable bonds is 7. The van der Waals surface area contributed by atoms with Gasteiger partial charge in [0, 0.05) is 23.7 Å². The molecule has 3 rings (SSSR count). The molecule has 0 unspecified atom stereocenters. The van der Waals surface area contributed by atoms with Crippen molar-refractivity contribution in [3.8, 4) is 11.1 Å². The lowest BCUT2D eigenvalue weighted by atomic mass is 9.94. The summed E-state index contributed by atoms with van der Waals surface area (Å²) in [6.07, 6.45) is 8.00. The molecule has 0 atom stereocenters. The minimum absolute atomic E-state index is 0.528. The fourth-order valence-corrected chi connectivity index (χ4v) is 3.59. The van der Waals surface area contributed by atoms with Crippen LogP contribution in [-0.2, 0) is 0 Å². The Morgan fingerprint density at radius 2 is 1.83 bits per heavy atom. The number of unbranched alkanes of at least 4 members (excludes halogenated alkanes) is 1. The number of pyridine rings is 1. The van der Waals surface area contributed by atoms with Gasteiger partial charge in [-0.25, -0.2) is 0 Å². The zero-order chi connectivity index (χ0) is 21.5. The molecule has 0 spiro atoms. The van der Waals surface area contributed by atoms with Crippen molar-refractivity contribution in [2.75, 3.05) is 0 Å². The largest absolute Gasteiger partial charge is 0.264 e. The molecule has 0 amide bonds. The molecule has 0 radical (unpaired) electrons. The fraction of sp³-hybridized carbons (Fsp3) is 0.286. The highest BCUT2D eigenvalue weighted by molar-refractivity contribution is 6.03. The molecule has 0 saturated heterocycles. The summed E-state index contributed by atoms with van der Waals surface area (Å²) in [5.74, 6) is 0.528. The summed E-state index contributed by atoms with van der Waals surface area (Å²) in [7, 11) is 0. The highest BCUT2D eigenvalue weighted by Gasteiger charge is 2.08. The number of hydrogen-bond acceptors (Lipinski definition) is 2. The van der Waals surface area contributed by atoms with Crippen molar-refractivity contribution < 1.29 is 0 Å². The first-order valence-corrected chi connectivity index (χ1v) is 10.9. The van der Waals surface area contributed by atoms with Crippen LogP contribution in [0.1, 0.15) is 68.7 Å². The minimum atomic E-state index is 0.528. The van der Waals surface area contributed by atoms with Gasteiger partial charge in [-0.2, -0.15) is 0 Å². The lowest BCUT2D eigenvalue weighted by Gasteiger charge is -2.12. The van der Waals surface area contributed by atoms with Gasteiger partial charge >= 0.3 is 0 Å². The van der Waals surface area contributed by atoms with Gasteiger partial charge in [-0.15, -0.1) is 0 Å². The summed E-state index contributed by atoms with van der Waals surface area (Å²) in [4.78, 5) is 9.26. The normalized spacial score (nSPS) is 12.5. The van der Waals surface area contributed by atoms with E-state index in [1.807, 2.05) is 12.3 Å². The summed E-state index contributed by atoms with van der Waals surface area (Å²) >= 11 is 0. The molecule has 3 aromatic rings. The highest BCUT2D eigenvalue weighted by Crippen LogP contribution is 2.27. The highest BCUT2D eigenvalue weighted by atomic mass is 14.8. The first kappa shape index (κ1) is 21.7. The summed E-state index contributed by atoms with van der Waals surface area (Å²) in [6, 6.07) is 19.6. The van der Waals surface area contributed by atoms with Crippen molar-refractivity contribution in [1.29, 1.82) is 0 Å². The van der Waals surface area contributed by atoms with Gasteiger partial charge in [0.2, 0.25) is 0 Å². The van der Waals surface area contributed by atoms with Gasteiger partial charge in [0.15, 0.2) is 0 Å². The van der Waals surface area contributed by atoms with Gasteiger partial charge in [0.1, 0.15) is 0 Å². The van der Waals surface area contributed by atoms with Crippen LogP contribution in [0, 0.1) is 6.92 Å². The molecule has 30 heavy (non-hydrogen) atoms. The van der Waals surface area contributed by atoms with Crippen molar-refractivity contribution in [3.63, 3.8) is 0 Å². The van der Waals surface area contributed by atoms with Crippen LogP contribution in [0.2, 0.25) is 0 Å². The van der Waals surface area contributed by atoms with E-state index in [2.05, 4.69) is 94.2 Å². The Morgan fingerprint density at radius 3 is 2.50 bits per heavy atom. The van der Waals surface area contributed by atoms with Gasteiger partial charge in [-0.1, -0.05) is 75.7 Å². The van der Waals surface area contributed by atoms with Crippen LogP contribution in [0.5, 0.6) is 0 Å². The van der Waals surface area contributed by atoms with E-state index >= 15 is 0 Å². The smallest absolute Gasteiger partial charge is 0.0681 e. The SMILES string of the molecule is CCC/C=C(/N=C(C)c1ccc(-c2cccc(C(C)C)c2)cc1C)c1cccnc1. The molecule has 0 bridgehead atoms. The van der Waals surface area contributed by atoms with Gasteiger partial charge in [-0.3, -0.25) is 9.98 Å². The Kier molecular flexibility index (Phi) is 7.35. The Bertz CT molecular complexity index is 1040. The summed E-state index contributed by atoms with van der Waals surface area (Å²) in [6.45, 7) is 10.9. The quantitative estimate of drug-likeness (QED) is 0.373. The molecule has 0 saturated carbocycles. The first-order valence-electron chi connectivity index (χ1n) is 10.9. The number of aryl methyl sites for hydroxylation is 1. The number of aliphatic imine (C=N–C) groups is 1. The first-order chi connectivity index (χ1) is 14.5. The van der Waals surface area contributed by atoms with Crippen LogP contribution in [0.4, 0.5) is 0 Å². The summed E-state index contributed by atoms with van der Waals surface area (Å²) < 4.78 is 0. The van der Waals surface area contributed by atoms with Crippen LogP contribution < -0.4 is 0 Å². The number of benzene rings is 2. The molecule has 0 aliphatic carbocycles. The third kappa shape index (κ3) is 5.33. The zero-order valence-corrected chi connectivity index (χ0v) is 18.8. The second-order valence-electron chi connectivity index (χ2n) is 8.13. The standard InChI is InChI=1S/C28H32N2/c1-6-7-13-28(26-12-9-16-29-19-26)30-22(5)27-15-14-25(17-21(27)4)24-11-8-10-23(18-24)20(2)3/h8-20H,6-7H2,1-5H3/b28-13+,30-22?. The van der Waals surface area contributed by atoms with Gasteiger partial charge in [0.05, 0.1) is 5.70 Å². The lowest BCUT2D eigenvalue weighted by molar-refractivity contribution is 0.867. The maximum atomic E-state index is 4.99. The number of allylic oxidation sites excluding steroid dienone is 1. The van der Waals surface area contributed by atoms with E-state index in [1.165, 1.54) is 27.8 Å². The van der Waals surface area contributed by atoms with Crippen molar-refractivity contribution in [3.05, 3.63) is 95.3 Å². The minimum Gasteiger partial charge on any atom is -0.264 e. The van der Waals surface area contributed by atoms with Gasteiger partial charge in [0.25, 0.3) is 0 Å². The Hall–Kier alpha value is -3.00. The maximum absolute atomic E-state index is 4.99. The molecule has 1 heterocycles. The van der Waals surface area contributed by atoms with E-state index in [0.717, 1.165) is 29.8 Å². The van der Waals surface area contributed by atoms with E-state index in [-0.39, 0.29) is 0 Å². The Balaban J connectivity index is 1.94. The number of hydrogen-bond donors (Lipinski definition) is 0. The molecule has 154 valence electrons. The van der Waals surface area contributed by atoms with E-state index in [1.54, 1.807) is 6.20 Å². The zero-order valence-electron chi connectivity index (χ0n) is 18.8. The van der Waals surface area contributed by atoms with Crippen LogP contribution in [0.15, 0.2) is 78.1 Å². The van der Waals surface area contributed by atoms with Crippen molar-refractivity contribution in [2.45, 2.75) is 53.4 Å². The van der Waals surface area contributed by atoms with Crippen LogP contribution in [0.25, 0.3) is 16.8 Å². The predicted octanol–water partition coefficient (Wildman–Crippen LogP) is 7.83. The average Bonchev–Trinajstić information content (AvgIpc) is 2.77. The molecule has 1 aromatic heterocycles. The number of nitrogens with zero attached hydrogens (tertiary/aromatic N) is 2. The monoisotopic (exact) mass is 396 g/mol. The topological polar surface area (TPSA) is 25.2 Å². The third-order valence-corrected chi connectivity index (χ3v) is 5.37. The van der Waals surface area contributed by atoms with Gasteiger partial charge < -0.3 is 0 Å². The predicted molar refractivity (Wildman–Crippen MR) is 130 cm³/mol. The van der Waals surface area contributed by atoms with E-state index in [4.69, 9.17) is 4.99 Å². The maximum Gasteiger partial charge on any atom is 0.0681 e. The van der Waals surface area contributed by atoms with Crippen molar-refractivity contribution in [1.82, 2.24) is 4.98 Å². The van der Waals surface area contributed by atoms with E-state index < -0.39 is 0 Å². The molecule has 0 aliphatic rings. The van der Waals surface area contributed by atoms with Crippen LogP contribution >= 0.6 is 0 Å². The average molecular weight is 397 g/mol. The molecule has 0 aliphatic heterocycles. The molecule has 2 heteroatoms.